The molecule has 0 saturated heterocycles. The summed E-state index contributed by atoms with van der Waals surface area (Å²) in [5, 5.41) is 23.9. The van der Waals surface area contributed by atoms with Crippen LogP contribution in [0.15, 0.2) is 200 Å². The Morgan fingerprint density at radius 3 is 1.41 bits per heavy atom. The van der Waals surface area contributed by atoms with E-state index < -0.39 is 0 Å². The fourth-order valence-electron chi connectivity index (χ4n) is 11.8. The highest BCUT2D eigenvalue weighted by molar-refractivity contribution is 6.47. The van der Waals surface area contributed by atoms with Gasteiger partial charge in [-0.25, -0.2) is 0 Å². The van der Waals surface area contributed by atoms with E-state index in [1.807, 2.05) is 0 Å². The van der Waals surface area contributed by atoms with Gasteiger partial charge in [0, 0.05) is 0 Å². The zero-order chi connectivity index (χ0) is 42.4. The Labute approximate surface area is 371 Å². The van der Waals surface area contributed by atoms with Gasteiger partial charge >= 0.3 is 0 Å². The van der Waals surface area contributed by atoms with E-state index in [-0.39, 0.29) is 5.41 Å². The minimum absolute atomic E-state index is 0.0147. The molecule has 0 atom stereocenters. The lowest BCUT2D eigenvalue weighted by molar-refractivity contribution is 0.591. The summed E-state index contributed by atoms with van der Waals surface area (Å²) in [5.74, 6) is 0. The maximum atomic E-state index is 2.58. The van der Waals surface area contributed by atoms with Crippen LogP contribution in [0.4, 0.5) is 0 Å². The van der Waals surface area contributed by atoms with Gasteiger partial charge < -0.3 is 0 Å². The molecule has 14 rings (SSSR count). The normalized spacial score (nSPS) is 12.6. The summed E-state index contributed by atoms with van der Waals surface area (Å²) in [6, 6.07) is 75.9. The average molecular weight is 811 g/mol. The lowest BCUT2D eigenvalue weighted by Gasteiger charge is -2.21. The van der Waals surface area contributed by atoms with Crippen LogP contribution in [0, 0.1) is 0 Å². The molecule has 0 N–H and O–H groups in total. The van der Waals surface area contributed by atoms with Crippen LogP contribution in [-0.2, 0) is 5.41 Å². The lowest BCUT2D eigenvalue weighted by Crippen LogP contribution is -2.10. The van der Waals surface area contributed by atoms with Crippen molar-refractivity contribution in [3.63, 3.8) is 0 Å². The summed E-state index contributed by atoms with van der Waals surface area (Å²) in [7, 11) is 0. The highest BCUT2D eigenvalue weighted by Crippen LogP contribution is 2.56. The van der Waals surface area contributed by atoms with Crippen molar-refractivity contribution in [2.75, 3.05) is 0 Å². The first kappa shape index (κ1) is 35.8. The molecule has 0 saturated carbocycles. The van der Waals surface area contributed by atoms with Crippen LogP contribution >= 0.6 is 0 Å². The van der Waals surface area contributed by atoms with E-state index in [2.05, 4.69) is 221 Å². The van der Waals surface area contributed by atoms with Crippen molar-refractivity contribution in [2.45, 2.75) is 26.2 Å². The molecule has 0 aliphatic rings. The second-order valence-electron chi connectivity index (χ2n) is 19.1. The van der Waals surface area contributed by atoms with Gasteiger partial charge in [-0.2, -0.15) is 0 Å². The van der Waals surface area contributed by atoms with Crippen molar-refractivity contribution in [3.8, 4) is 44.5 Å². The molecule has 0 heterocycles. The molecular formula is C64H42. The van der Waals surface area contributed by atoms with Crippen LogP contribution in [0.1, 0.15) is 26.3 Å². The minimum Gasteiger partial charge on any atom is -0.0622 e. The Morgan fingerprint density at radius 2 is 0.766 bits per heavy atom. The highest BCUT2D eigenvalue weighted by Gasteiger charge is 2.28. The Balaban J connectivity index is 1.25. The van der Waals surface area contributed by atoms with E-state index in [0.717, 1.165) is 0 Å². The van der Waals surface area contributed by atoms with Crippen LogP contribution in [-0.4, -0.2) is 0 Å². The summed E-state index contributed by atoms with van der Waals surface area (Å²) < 4.78 is 0. The number of rotatable bonds is 4. The van der Waals surface area contributed by atoms with Gasteiger partial charge in [-0.05, 0) is 177 Å². The lowest BCUT2D eigenvalue weighted by atomic mass is 9.82. The SMILES string of the molecule is CC(C)(C)c1cc2ccc3ccc4c5c(-c6ccccc6)c6c(cc7c8cc(-c9ccccc9)c(-c9ccccc9)cc8c8cccc6c87)c(-c6ccccc6)c5c5cc(c1)c2c3c54. The Hall–Kier alpha value is -7.80. The van der Waals surface area contributed by atoms with Crippen LogP contribution in [0.5, 0.6) is 0 Å². The molecular weight excluding hydrogens is 769 g/mol. The number of hydrogen-bond donors (Lipinski definition) is 0. The molecule has 0 amide bonds. The zero-order valence-electron chi connectivity index (χ0n) is 36.1. The zero-order valence-corrected chi connectivity index (χ0v) is 36.1. The molecule has 14 aromatic carbocycles. The van der Waals surface area contributed by atoms with Gasteiger partial charge in [0.2, 0.25) is 0 Å². The molecule has 14 aromatic rings. The summed E-state index contributed by atoms with van der Waals surface area (Å²) in [6.45, 7) is 7.00. The second-order valence-corrected chi connectivity index (χ2v) is 19.1. The first-order valence-electron chi connectivity index (χ1n) is 22.7. The molecule has 0 unspecified atom stereocenters. The smallest absolute Gasteiger partial charge is 0.000718 e. The third-order valence-corrected chi connectivity index (χ3v) is 14.6. The Kier molecular flexibility index (Phi) is 7.20. The molecule has 0 spiro atoms. The fraction of sp³-hybridized carbons (Fsp3) is 0.0625. The predicted molar refractivity (Wildman–Crippen MR) is 278 cm³/mol. The minimum atomic E-state index is 0.0147. The van der Waals surface area contributed by atoms with Crippen molar-refractivity contribution in [3.05, 3.63) is 206 Å². The molecule has 64 heavy (non-hydrogen) atoms. The van der Waals surface area contributed by atoms with Gasteiger partial charge in [-0.1, -0.05) is 197 Å². The van der Waals surface area contributed by atoms with E-state index in [1.165, 1.54) is 147 Å². The maximum absolute atomic E-state index is 2.58. The standard InChI is InChI=1S/C64H42/c1-64(2,3)44-31-42-28-27-41-29-30-47-61-53(33-43(32-44)55(42)57(41)61)63-56(39-21-12-6-13-22-39)54-36-52-51-35-49(38-19-10-5-11-20-38)48(37-17-8-4-9-18-37)34-50(51)45-25-16-26-46(59(45)52)60(54)58(62(47)63)40-23-14-7-15-24-40/h4-36H,1-3H3. The van der Waals surface area contributed by atoms with Crippen LogP contribution in [0.3, 0.4) is 0 Å². The highest BCUT2D eigenvalue weighted by atomic mass is 14.3. The van der Waals surface area contributed by atoms with E-state index in [1.54, 1.807) is 0 Å². The molecule has 0 heteroatoms. The van der Waals surface area contributed by atoms with Crippen molar-refractivity contribution in [1.82, 2.24) is 0 Å². The van der Waals surface area contributed by atoms with Crippen LogP contribution in [0.25, 0.3) is 141 Å². The number of benzene rings is 12. The molecule has 0 aliphatic heterocycles. The third-order valence-electron chi connectivity index (χ3n) is 14.6. The van der Waals surface area contributed by atoms with E-state index in [9.17, 15) is 0 Å². The summed E-state index contributed by atoms with van der Waals surface area (Å²) in [5.41, 5.74) is 11.5. The first-order chi connectivity index (χ1) is 31.4. The van der Waals surface area contributed by atoms with Gasteiger partial charge in [-0.15, -0.1) is 0 Å². The van der Waals surface area contributed by atoms with Gasteiger partial charge in [0.1, 0.15) is 0 Å². The maximum Gasteiger partial charge on any atom is -0.000718 e. The van der Waals surface area contributed by atoms with Gasteiger partial charge in [0.05, 0.1) is 0 Å². The quantitative estimate of drug-likeness (QED) is 0.155. The van der Waals surface area contributed by atoms with Gasteiger partial charge in [-0.3, -0.25) is 0 Å². The van der Waals surface area contributed by atoms with Crippen LogP contribution < -0.4 is 0 Å². The first-order valence-corrected chi connectivity index (χ1v) is 22.7. The summed E-state index contributed by atoms with van der Waals surface area (Å²) >= 11 is 0. The number of fused-ring (bicyclic) bond motifs is 8. The third kappa shape index (κ3) is 4.83. The van der Waals surface area contributed by atoms with E-state index in [4.69, 9.17) is 0 Å². The van der Waals surface area contributed by atoms with Gasteiger partial charge in [0.25, 0.3) is 0 Å². The Bertz CT molecular complexity index is 4160. The molecule has 0 radical (unpaired) electrons. The van der Waals surface area contributed by atoms with E-state index in [0.29, 0.717) is 0 Å². The van der Waals surface area contributed by atoms with Gasteiger partial charge in [0.15, 0.2) is 0 Å². The second kappa shape index (κ2) is 12.9. The molecule has 0 fully saturated rings. The number of hydrogen-bond acceptors (Lipinski definition) is 0. The molecule has 0 bridgehead atoms. The van der Waals surface area contributed by atoms with Crippen molar-refractivity contribution >= 4 is 97.0 Å². The largest absolute Gasteiger partial charge is 0.0622 e. The van der Waals surface area contributed by atoms with E-state index >= 15 is 0 Å². The molecule has 0 nitrogen and oxygen atoms in total. The predicted octanol–water partition coefficient (Wildman–Crippen LogP) is 18.3. The molecule has 0 aromatic heterocycles. The summed E-state index contributed by atoms with van der Waals surface area (Å²) in [6.07, 6.45) is 0. The average Bonchev–Trinajstić information content (AvgIpc) is 3.83. The van der Waals surface area contributed by atoms with Crippen molar-refractivity contribution < 1.29 is 0 Å². The Morgan fingerprint density at radius 1 is 0.250 bits per heavy atom. The molecule has 298 valence electrons. The fourth-order valence-corrected chi connectivity index (χ4v) is 11.8. The monoisotopic (exact) mass is 810 g/mol. The molecule has 0 aliphatic carbocycles. The van der Waals surface area contributed by atoms with Crippen molar-refractivity contribution in [2.24, 2.45) is 0 Å². The van der Waals surface area contributed by atoms with Crippen molar-refractivity contribution in [1.29, 1.82) is 0 Å². The van der Waals surface area contributed by atoms with Crippen LogP contribution in [0.2, 0.25) is 0 Å². The summed E-state index contributed by atoms with van der Waals surface area (Å²) in [4.78, 5) is 0. The topological polar surface area (TPSA) is 0 Å².